The Bertz CT molecular complexity index is 464. The molecule has 1 aromatic heterocycles. The van der Waals surface area contributed by atoms with Gasteiger partial charge in [0.1, 0.15) is 5.75 Å². The number of fused-ring (bicyclic) bond motifs is 1. The molecule has 0 saturated heterocycles. The second-order valence-corrected chi connectivity index (χ2v) is 4.25. The van der Waals surface area contributed by atoms with Gasteiger partial charge in [0.2, 0.25) is 0 Å². The summed E-state index contributed by atoms with van der Waals surface area (Å²) in [4.78, 5) is 0. The van der Waals surface area contributed by atoms with Crippen LogP contribution in [0, 0.1) is 0 Å². The highest BCUT2D eigenvalue weighted by Gasteiger charge is 2.09. The standard InChI is InChI=1S/C10H9ClO2S/c1-2-13-7-3-4-8-6(10(7)11)5-9(12)14-8/h3-5,12H,2H2,1H3. The Morgan fingerprint density at radius 2 is 2.29 bits per heavy atom. The summed E-state index contributed by atoms with van der Waals surface area (Å²) < 4.78 is 6.31. The highest BCUT2D eigenvalue weighted by Crippen LogP contribution is 2.39. The van der Waals surface area contributed by atoms with Crippen LogP contribution in [0.2, 0.25) is 5.02 Å². The first kappa shape index (κ1) is 9.62. The van der Waals surface area contributed by atoms with Crippen molar-refractivity contribution in [1.82, 2.24) is 0 Å². The molecule has 14 heavy (non-hydrogen) atoms. The van der Waals surface area contributed by atoms with E-state index in [1.54, 1.807) is 6.07 Å². The van der Waals surface area contributed by atoms with E-state index in [0.29, 0.717) is 17.4 Å². The number of halogens is 1. The molecule has 1 aromatic carbocycles. The normalized spacial score (nSPS) is 10.7. The van der Waals surface area contributed by atoms with Gasteiger partial charge in [0.15, 0.2) is 5.06 Å². The Morgan fingerprint density at radius 1 is 1.50 bits per heavy atom. The molecule has 0 unspecified atom stereocenters. The molecule has 1 N–H and O–H groups in total. The third-order valence-electron chi connectivity index (χ3n) is 1.89. The number of aromatic hydroxyl groups is 1. The van der Waals surface area contributed by atoms with E-state index in [-0.39, 0.29) is 5.06 Å². The Labute approximate surface area is 90.7 Å². The van der Waals surface area contributed by atoms with Crippen LogP contribution in [0.3, 0.4) is 0 Å². The van der Waals surface area contributed by atoms with E-state index in [1.165, 1.54) is 11.3 Å². The molecule has 0 spiro atoms. The Balaban J connectivity index is 2.61. The number of hydrogen-bond acceptors (Lipinski definition) is 3. The average molecular weight is 229 g/mol. The van der Waals surface area contributed by atoms with Gasteiger partial charge in [-0.25, -0.2) is 0 Å². The number of ether oxygens (including phenoxy) is 1. The van der Waals surface area contributed by atoms with Gasteiger partial charge in [0, 0.05) is 16.2 Å². The monoisotopic (exact) mass is 228 g/mol. The van der Waals surface area contributed by atoms with Crippen molar-refractivity contribution in [3.05, 3.63) is 23.2 Å². The fourth-order valence-corrected chi connectivity index (χ4v) is 2.45. The van der Waals surface area contributed by atoms with Crippen LogP contribution >= 0.6 is 22.9 Å². The topological polar surface area (TPSA) is 29.5 Å². The molecule has 1 heterocycles. The highest BCUT2D eigenvalue weighted by molar-refractivity contribution is 7.20. The second-order valence-electron chi connectivity index (χ2n) is 2.81. The van der Waals surface area contributed by atoms with Gasteiger partial charge in [-0.3, -0.25) is 0 Å². The smallest absolute Gasteiger partial charge is 0.172 e. The lowest BCUT2D eigenvalue weighted by atomic mass is 10.2. The summed E-state index contributed by atoms with van der Waals surface area (Å²) in [6.07, 6.45) is 0. The summed E-state index contributed by atoms with van der Waals surface area (Å²) in [6, 6.07) is 5.38. The lowest BCUT2D eigenvalue weighted by Gasteiger charge is -2.05. The van der Waals surface area contributed by atoms with E-state index in [0.717, 1.165) is 10.1 Å². The predicted octanol–water partition coefficient (Wildman–Crippen LogP) is 3.66. The second kappa shape index (κ2) is 3.67. The summed E-state index contributed by atoms with van der Waals surface area (Å²) in [5.41, 5.74) is 0. The van der Waals surface area contributed by atoms with Crippen LogP contribution < -0.4 is 4.74 Å². The van der Waals surface area contributed by atoms with Crippen LogP contribution in [0.5, 0.6) is 10.8 Å². The van der Waals surface area contributed by atoms with Crippen molar-refractivity contribution in [2.24, 2.45) is 0 Å². The third-order valence-corrected chi connectivity index (χ3v) is 3.18. The molecule has 4 heteroatoms. The van der Waals surface area contributed by atoms with Crippen LogP contribution in [0.1, 0.15) is 6.92 Å². The maximum Gasteiger partial charge on any atom is 0.172 e. The largest absolute Gasteiger partial charge is 0.499 e. The minimum absolute atomic E-state index is 0.274. The molecule has 0 saturated carbocycles. The molecule has 0 aliphatic carbocycles. The zero-order valence-electron chi connectivity index (χ0n) is 7.58. The van der Waals surface area contributed by atoms with Gasteiger partial charge in [-0.15, -0.1) is 0 Å². The maximum absolute atomic E-state index is 9.32. The van der Waals surface area contributed by atoms with Gasteiger partial charge < -0.3 is 9.84 Å². The number of benzene rings is 1. The van der Waals surface area contributed by atoms with Gasteiger partial charge in [0.05, 0.1) is 11.6 Å². The summed E-state index contributed by atoms with van der Waals surface area (Å²) >= 11 is 7.41. The molecule has 0 aliphatic heterocycles. The van der Waals surface area contributed by atoms with Gasteiger partial charge >= 0.3 is 0 Å². The molecule has 2 aromatic rings. The third kappa shape index (κ3) is 1.53. The van der Waals surface area contributed by atoms with Crippen LogP contribution in [0.4, 0.5) is 0 Å². The maximum atomic E-state index is 9.32. The van der Waals surface area contributed by atoms with Gasteiger partial charge in [-0.1, -0.05) is 22.9 Å². The SMILES string of the molecule is CCOc1ccc2sc(O)cc2c1Cl. The first-order valence-electron chi connectivity index (χ1n) is 4.26. The van der Waals surface area contributed by atoms with Crippen molar-refractivity contribution in [1.29, 1.82) is 0 Å². The van der Waals surface area contributed by atoms with E-state index >= 15 is 0 Å². The van der Waals surface area contributed by atoms with Crippen molar-refractivity contribution < 1.29 is 9.84 Å². The molecule has 0 fully saturated rings. The first-order chi connectivity index (χ1) is 6.72. The van der Waals surface area contributed by atoms with Gasteiger partial charge in [-0.05, 0) is 19.1 Å². The molecule has 0 radical (unpaired) electrons. The van der Waals surface area contributed by atoms with Crippen molar-refractivity contribution in [2.75, 3.05) is 6.61 Å². The summed E-state index contributed by atoms with van der Waals surface area (Å²) in [5, 5.41) is 11.0. The molecule has 0 amide bonds. The van der Waals surface area contributed by atoms with Crippen LogP contribution in [-0.4, -0.2) is 11.7 Å². The predicted molar refractivity (Wildman–Crippen MR) is 59.7 cm³/mol. The first-order valence-corrected chi connectivity index (χ1v) is 5.45. The number of thiophene rings is 1. The lowest BCUT2D eigenvalue weighted by molar-refractivity contribution is 0.341. The van der Waals surface area contributed by atoms with Crippen molar-refractivity contribution >= 4 is 33.0 Å². The molecule has 0 atom stereocenters. The van der Waals surface area contributed by atoms with Crippen molar-refractivity contribution in [3.63, 3.8) is 0 Å². The van der Waals surface area contributed by atoms with Gasteiger partial charge in [-0.2, -0.15) is 0 Å². The summed E-state index contributed by atoms with van der Waals surface area (Å²) in [5.74, 6) is 0.666. The summed E-state index contributed by atoms with van der Waals surface area (Å²) in [6.45, 7) is 2.49. The van der Waals surface area contributed by atoms with Crippen molar-refractivity contribution in [2.45, 2.75) is 6.92 Å². The number of rotatable bonds is 2. The van der Waals surface area contributed by atoms with Crippen LogP contribution in [0.15, 0.2) is 18.2 Å². The van der Waals surface area contributed by atoms with Gasteiger partial charge in [0.25, 0.3) is 0 Å². The minimum atomic E-state index is 0.274. The van der Waals surface area contributed by atoms with Crippen LogP contribution in [-0.2, 0) is 0 Å². The Hall–Kier alpha value is -0.930. The zero-order chi connectivity index (χ0) is 10.1. The number of hydrogen-bond donors (Lipinski definition) is 1. The van der Waals surface area contributed by atoms with E-state index in [1.807, 2.05) is 19.1 Å². The average Bonchev–Trinajstić information content (AvgIpc) is 2.52. The molecule has 74 valence electrons. The van der Waals surface area contributed by atoms with Crippen LogP contribution in [0.25, 0.3) is 10.1 Å². The highest BCUT2D eigenvalue weighted by atomic mass is 35.5. The minimum Gasteiger partial charge on any atom is -0.499 e. The molecular weight excluding hydrogens is 220 g/mol. The molecule has 2 rings (SSSR count). The zero-order valence-corrected chi connectivity index (χ0v) is 9.15. The summed E-state index contributed by atoms with van der Waals surface area (Å²) in [7, 11) is 0. The molecule has 0 bridgehead atoms. The quantitative estimate of drug-likeness (QED) is 0.850. The van der Waals surface area contributed by atoms with E-state index < -0.39 is 0 Å². The van der Waals surface area contributed by atoms with E-state index in [2.05, 4.69) is 0 Å². The Morgan fingerprint density at radius 3 is 3.00 bits per heavy atom. The molecular formula is C10H9ClO2S. The molecule has 2 nitrogen and oxygen atoms in total. The van der Waals surface area contributed by atoms with E-state index in [4.69, 9.17) is 16.3 Å². The van der Waals surface area contributed by atoms with E-state index in [9.17, 15) is 5.11 Å². The molecule has 0 aliphatic rings. The fraction of sp³-hybridized carbons (Fsp3) is 0.200. The van der Waals surface area contributed by atoms with Crippen molar-refractivity contribution in [3.8, 4) is 10.8 Å². The lowest BCUT2D eigenvalue weighted by Crippen LogP contribution is -1.91. The Kier molecular flexibility index (Phi) is 2.52. The fourth-order valence-electron chi connectivity index (χ4n) is 1.31.